The summed E-state index contributed by atoms with van der Waals surface area (Å²) in [6.45, 7) is 3.34. The van der Waals surface area contributed by atoms with E-state index in [9.17, 15) is 14.4 Å². The van der Waals surface area contributed by atoms with Gasteiger partial charge in [-0.1, -0.05) is 59.6 Å². The van der Waals surface area contributed by atoms with E-state index in [0.29, 0.717) is 40.0 Å². The Bertz CT molecular complexity index is 1140. The molecule has 0 fully saturated rings. The smallest absolute Gasteiger partial charge is 0.322 e. The molecule has 2 aliphatic heterocycles. The Balaban J connectivity index is 1.43. The average molecular weight is 501 g/mol. The zero-order valence-electron chi connectivity index (χ0n) is 18.8. The van der Waals surface area contributed by atoms with Crippen LogP contribution in [0.5, 0.6) is 0 Å². The van der Waals surface area contributed by atoms with Crippen LogP contribution in [0.3, 0.4) is 0 Å². The van der Waals surface area contributed by atoms with Crippen molar-refractivity contribution < 1.29 is 14.4 Å². The normalized spacial score (nSPS) is 17.7. The molecule has 2 aliphatic rings. The number of rotatable bonds is 8. The van der Waals surface area contributed by atoms with E-state index in [0.717, 1.165) is 12.0 Å². The van der Waals surface area contributed by atoms with Gasteiger partial charge in [0.25, 0.3) is 5.91 Å². The number of nitrogens with one attached hydrogen (secondary N) is 2. The van der Waals surface area contributed by atoms with Gasteiger partial charge in [-0.3, -0.25) is 14.5 Å². The van der Waals surface area contributed by atoms with Gasteiger partial charge in [0.1, 0.15) is 0 Å². The number of benzene rings is 2. The van der Waals surface area contributed by atoms with Gasteiger partial charge >= 0.3 is 6.03 Å². The monoisotopic (exact) mass is 500 g/mol. The zero-order chi connectivity index (χ0) is 24.2. The molecule has 34 heavy (non-hydrogen) atoms. The highest BCUT2D eigenvalue weighted by molar-refractivity contribution is 6.35. The molecule has 0 bridgehead atoms. The SMILES string of the molecule is CCN1C(=O)NC(c2ccc(Cl)cc2Cl)C2=C1CN(CCC(=O)NCCc1ccccc1)C2=O. The summed E-state index contributed by atoms with van der Waals surface area (Å²) in [5.74, 6) is -0.325. The van der Waals surface area contributed by atoms with Crippen LogP contribution >= 0.6 is 23.2 Å². The van der Waals surface area contributed by atoms with E-state index in [-0.39, 0.29) is 37.4 Å². The number of amides is 4. The summed E-state index contributed by atoms with van der Waals surface area (Å²) in [5.41, 5.74) is 2.89. The fraction of sp³-hybridized carbons (Fsp3) is 0.320. The van der Waals surface area contributed by atoms with Crippen LogP contribution in [0.2, 0.25) is 10.0 Å². The predicted molar refractivity (Wildman–Crippen MR) is 131 cm³/mol. The molecular weight excluding hydrogens is 475 g/mol. The minimum Gasteiger partial charge on any atom is -0.356 e. The summed E-state index contributed by atoms with van der Waals surface area (Å²) in [4.78, 5) is 41.7. The molecule has 0 spiro atoms. The van der Waals surface area contributed by atoms with E-state index < -0.39 is 6.04 Å². The van der Waals surface area contributed by atoms with Crippen LogP contribution in [0.4, 0.5) is 4.79 Å². The molecule has 1 unspecified atom stereocenters. The van der Waals surface area contributed by atoms with Gasteiger partial charge in [0.2, 0.25) is 5.91 Å². The van der Waals surface area contributed by atoms with Crippen molar-refractivity contribution in [2.24, 2.45) is 0 Å². The lowest BCUT2D eigenvalue weighted by molar-refractivity contribution is -0.127. The van der Waals surface area contributed by atoms with Gasteiger partial charge in [0.05, 0.1) is 23.9 Å². The average Bonchev–Trinajstić information content (AvgIpc) is 3.14. The Morgan fingerprint density at radius 3 is 2.62 bits per heavy atom. The number of carbonyl (C=O) groups excluding carboxylic acids is 3. The molecule has 0 radical (unpaired) electrons. The van der Waals surface area contributed by atoms with Crippen molar-refractivity contribution in [3.8, 4) is 0 Å². The quantitative estimate of drug-likeness (QED) is 0.576. The topological polar surface area (TPSA) is 81.8 Å². The largest absolute Gasteiger partial charge is 0.356 e. The van der Waals surface area contributed by atoms with Gasteiger partial charge in [0, 0.05) is 36.1 Å². The van der Waals surface area contributed by atoms with Gasteiger partial charge in [-0.05, 0) is 36.6 Å². The van der Waals surface area contributed by atoms with Gasteiger partial charge in [-0.2, -0.15) is 0 Å². The molecule has 4 rings (SSSR count). The summed E-state index contributed by atoms with van der Waals surface area (Å²) in [6.07, 6.45) is 0.925. The Morgan fingerprint density at radius 2 is 1.91 bits per heavy atom. The van der Waals surface area contributed by atoms with Crippen LogP contribution in [0.15, 0.2) is 59.8 Å². The van der Waals surface area contributed by atoms with Crippen molar-refractivity contribution >= 4 is 41.0 Å². The van der Waals surface area contributed by atoms with Crippen LogP contribution < -0.4 is 10.6 Å². The first-order chi connectivity index (χ1) is 16.4. The number of urea groups is 1. The summed E-state index contributed by atoms with van der Waals surface area (Å²) in [7, 11) is 0. The molecule has 0 aromatic heterocycles. The molecule has 7 nitrogen and oxygen atoms in total. The summed E-state index contributed by atoms with van der Waals surface area (Å²) in [6, 6.07) is 14.0. The molecule has 1 atom stereocenters. The number of carbonyl (C=O) groups is 3. The Hall–Kier alpha value is -3.03. The molecule has 2 aromatic carbocycles. The lowest BCUT2D eigenvalue weighted by Crippen LogP contribution is -2.47. The molecule has 4 amide bonds. The Labute approximate surface area is 208 Å². The van der Waals surface area contributed by atoms with Crippen LogP contribution in [0, 0.1) is 0 Å². The maximum absolute atomic E-state index is 13.4. The second kappa shape index (κ2) is 10.5. The zero-order valence-corrected chi connectivity index (χ0v) is 20.3. The number of hydrogen-bond acceptors (Lipinski definition) is 3. The first-order valence-electron chi connectivity index (χ1n) is 11.2. The maximum atomic E-state index is 13.4. The second-order valence-corrected chi connectivity index (χ2v) is 9.06. The van der Waals surface area contributed by atoms with Crippen LogP contribution in [0.25, 0.3) is 0 Å². The molecule has 0 saturated carbocycles. The van der Waals surface area contributed by atoms with Gasteiger partial charge in [-0.25, -0.2) is 4.79 Å². The number of likely N-dealkylation sites (N-methyl/N-ethyl adjacent to an activating group) is 1. The maximum Gasteiger partial charge on any atom is 0.322 e. The van der Waals surface area contributed by atoms with Gasteiger partial charge in [-0.15, -0.1) is 0 Å². The van der Waals surface area contributed by atoms with Crippen LogP contribution in [-0.2, 0) is 16.0 Å². The summed E-state index contributed by atoms with van der Waals surface area (Å²) >= 11 is 12.4. The van der Waals surface area contributed by atoms with Gasteiger partial charge < -0.3 is 15.5 Å². The second-order valence-electron chi connectivity index (χ2n) is 8.22. The molecule has 0 aliphatic carbocycles. The van der Waals surface area contributed by atoms with Crippen molar-refractivity contribution in [1.29, 1.82) is 0 Å². The first kappa shape index (κ1) is 24.1. The van der Waals surface area contributed by atoms with E-state index in [1.807, 2.05) is 37.3 Å². The van der Waals surface area contributed by atoms with Crippen molar-refractivity contribution in [3.05, 3.63) is 81.0 Å². The highest BCUT2D eigenvalue weighted by Crippen LogP contribution is 2.39. The standard InChI is InChI=1S/C25H26Cl2N4O3/c1-2-31-20-15-30(13-11-21(32)28-12-10-16-6-4-3-5-7-16)24(33)22(20)23(29-25(31)34)18-9-8-17(26)14-19(18)27/h3-9,14,23H,2,10-13,15H2,1H3,(H,28,32)(H,29,34). The van der Waals surface area contributed by atoms with Crippen molar-refractivity contribution in [1.82, 2.24) is 20.4 Å². The Morgan fingerprint density at radius 1 is 1.15 bits per heavy atom. The molecule has 0 saturated heterocycles. The highest BCUT2D eigenvalue weighted by atomic mass is 35.5. The third kappa shape index (κ3) is 5.05. The summed E-state index contributed by atoms with van der Waals surface area (Å²) < 4.78 is 0. The number of hydrogen-bond donors (Lipinski definition) is 2. The van der Waals surface area contributed by atoms with Gasteiger partial charge in [0.15, 0.2) is 0 Å². The van der Waals surface area contributed by atoms with E-state index in [1.165, 1.54) is 0 Å². The fourth-order valence-corrected chi connectivity index (χ4v) is 4.87. The number of halogens is 2. The Kier molecular flexibility index (Phi) is 7.44. The molecule has 178 valence electrons. The predicted octanol–water partition coefficient (Wildman–Crippen LogP) is 3.92. The third-order valence-electron chi connectivity index (χ3n) is 6.07. The summed E-state index contributed by atoms with van der Waals surface area (Å²) in [5, 5.41) is 6.65. The molecule has 9 heteroatoms. The van der Waals surface area contributed by atoms with E-state index in [2.05, 4.69) is 10.6 Å². The fourth-order valence-electron chi connectivity index (χ4n) is 4.35. The van der Waals surface area contributed by atoms with Crippen LogP contribution in [-0.4, -0.2) is 53.8 Å². The molecule has 2 heterocycles. The van der Waals surface area contributed by atoms with Crippen molar-refractivity contribution in [3.63, 3.8) is 0 Å². The van der Waals surface area contributed by atoms with Crippen LogP contribution in [0.1, 0.15) is 30.5 Å². The lowest BCUT2D eigenvalue weighted by atomic mass is 9.95. The van der Waals surface area contributed by atoms with Crippen molar-refractivity contribution in [2.45, 2.75) is 25.8 Å². The molecule has 2 N–H and O–H groups in total. The minimum absolute atomic E-state index is 0.118. The molecule has 2 aromatic rings. The van der Waals surface area contributed by atoms with Crippen molar-refractivity contribution in [2.75, 3.05) is 26.2 Å². The third-order valence-corrected chi connectivity index (χ3v) is 6.64. The van der Waals surface area contributed by atoms with E-state index in [1.54, 1.807) is 28.0 Å². The highest BCUT2D eigenvalue weighted by Gasteiger charge is 2.44. The van der Waals surface area contributed by atoms with E-state index >= 15 is 0 Å². The molecular formula is C25H26Cl2N4O3. The van der Waals surface area contributed by atoms with E-state index in [4.69, 9.17) is 23.2 Å². The lowest BCUT2D eigenvalue weighted by Gasteiger charge is -2.33. The first-order valence-corrected chi connectivity index (χ1v) is 12.0. The minimum atomic E-state index is -0.674. The number of nitrogens with zero attached hydrogens (tertiary/aromatic N) is 2.